The van der Waals surface area contributed by atoms with Gasteiger partial charge in [0.05, 0.1) is 0 Å². The molecule has 1 aromatic rings. The van der Waals surface area contributed by atoms with E-state index in [9.17, 15) is 10.1 Å². The van der Waals surface area contributed by atoms with Gasteiger partial charge in [-0.05, 0) is 11.8 Å². The molecule has 0 aliphatic rings. The second-order valence-electron chi connectivity index (χ2n) is 2.30. The molecule has 0 amide bonds. The molecule has 0 spiro atoms. The van der Waals surface area contributed by atoms with E-state index in [-0.39, 0.29) is 12.1 Å². The van der Waals surface area contributed by atoms with Gasteiger partial charge < -0.3 is 14.9 Å². The first kappa shape index (κ1) is 8.66. The summed E-state index contributed by atoms with van der Waals surface area (Å²) >= 11 is 0. The standard InChI is InChI=1S/C6H9N3O3/c1-4(12-2)5-3-7-6(8-5)9(10)11/h3-4H,1-2H3,(H,7,8). The molecule has 1 N–H and O–H groups in total. The lowest BCUT2D eigenvalue weighted by atomic mass is 10.3. The summed E-state index contributed by atoms with van der Waals surface area (Å²) in [6, 6.07) is 0. The van der Waals surface area contributed by atoms with E-state index in [0.29, 0.717) is 5.69 Å². The van der Waals surface area contributed by atoms with Crippen LogP contribution in [0.5, 0.6) is 0 Å². The molecule has 12 heavy (non-hydrogen) atoms. The first-order chi connectivity index (χ1) is 5.65. The maximum atomic E-state index is 10.2. The van der Waals surface area contributed by atoms with Gasteiger partial charge in [-0.15, -0.1) is 0 Å². The van der Waals surface area contributed by atoms with E-state index in [1.807, 2.05) is 0 Å². The van der Waals surface area contributed by atoms with Crippen LogP contribution < -0.4 is 0 Å². The van der Waals surface area contributed by atoms with Crippen molar-refractivity contribution in [3.63, 3.8) is 0 Å². The Bertz CT molecular complexity index is 283. The fourth-order valence-electron chi connectivity index (χ4n) is 0.751. The van der Waals surface area contributed by atoms with E-state index in [0.717, 1.165) is 0 Å². The van der Waals surface area contributed by atoms with Crippen molar-refractivity contribution >= 4 is 5.95 Å². The predicted octanol–water partition coefficient (Wildman–Crippen LogP) is 1.03. The molecule has 1 heterocycles. The summed E-state index contributed by atoms with van der Waals surface area (Å²) in [6.45, 7) is 1.78. The van der Waals surface area contributed by atoms with E-state index in [1.165, 1.54) is 13.3 Å². The SMILES string of the molecule is COC(C)c1cnc([N+](=O)[O-])[nH]1. The third-order valence-corrected chi connectivity index (χ3v) is 1.55. The number of ether oxygens (including phenoxy) is 1. The third kappa shape index (κ3) is 1.59. The van der Waals surface area contributed by atoms with Gasteiger partial charge in [0.2, 0.25) is 0 Å². The van der Waals surface area contributed by atoms with E-state index >= 15 is 0 Å². The molecule has 66 valence electrons. The summed E-state index contributed by atoms with van der Waals surface area (Å²) in [6.07, 6.45) is 1.19. The predicted molar refractivity (Wildman–Crippen MR) is 40.7 cm³/mol. The Kier molecular flexibility index (Phi) is 2.39. The van der Waals surface area contributed by atoms with Gasteiger partial charge in [0, 0.05) is 7.11 Å². The molecule has 0 aliphatic carbocycles. The van der Waals surface area contributed by atoms with E-state index < -0.39 is 4.92 Å². The van der Waals surface area contributed by atoms with E-state index in [2.05, 4.69) is 9.97 Å². The van der Waals surface area contributed by atoms with Crippen molar-refractivity contribution in [1.29, 1.82) is 0 Å². The summed E-state index contributed by atoms with van der Waals surface area (Å²) in [5.41, 5.74) is 0.601. The molecule has 1 unspecified atom stereocenters. The number of hydrogen-bond acceptors (Lipinski definition) is 4. The van der Waals surface area contributed by atoms with Crippen LogP contribution in [0.4, 0.5) is 5.95 Å². The molecule has 0 radical (unpaired) electrons. The van der Waals surface area contributed by atoms with Crippen LogP contribution in [-0.4, -0.2) is 22.0 Å². The van der Waals surface area contributed by atoms with Crippen molar-refractivity contribution in [2.24, 2.45) is 0 Å². The zero-order valence-electron chi connectivity index (χ0n) is 6.77. The Morgan fingerprint density at radius 1 is 1.83 bits per heavy atom. The lowest BCUT2D eigenvalue weighted by Crippen LogP contribution is -1.96. The molecular weight excluding hydrogens is 162 g/mol. The molecule has 0 aliphatic heterocycles. The maximum absolute atomic E-state index is 10.2. The molecule has 0 fully saturated rings. The Balaban J connectivity index is 2.84. The Morgan fingerprint density at radius 3 is 2.92 bits per heavy atom. The average Bonchev–Trinajstić information content (AvgIpc) is 2.51. The molecule has 0 bridgehead atoms. The number of methoxy groups -OCH3 is 1. The highest BCUT2D eigenvalue weighted by Gasteiger charge is 2.15. The molecule has 1 rings (SSSR count). The van der Waals surface area contributed by atoms with Crippen LogP contribution >= 0.6 is 0 Å². The Hall–Kier alpha value is -1.43. The van der Waals surface area contributed by atoms with Crippen LogP contribution in [0.25, 0.3) is 0 Å². The number of aromatic amines is 1. The average molecular weight is 171 g/mol. The molecule has 0 saturated heterocycles. The van der Waals surface area contributed by atoms with Crippen LogP contribution in [-0.2, 0) is 4.74 Å². The number of imidazole rings is 1. The van der Waals surface area contributed by atoms with Gasteiger partial charge in [-0.1, -0.05) is 4.98 Å². The summed E-state index contributed by atoms with van der Waals surface area (Å²) in [7, 11) is 1.53. The van der Waals surface area contributed by atoms with Crippen molar-refractivity contribution in [3.05, 3.63) is 22.0 Å². The summed E-state index contributed by atoms with van der Waals surface area (Å²) in [5, 5.41) is 10.2. The quantitative estimate of drug-likeness (QED) is 0.543. The maximum Gasteiger partial charge on any atom is 0.432 e. The molecule has 1 atom stereocenters. The fourth-order valence-corrected chi connectivity index (χ4v) is 0.751. The highest BCUT2D eigenvalue weighted by atomic mass is 16.6. The highest BCUT2D eigenvalue weighted by molar-refractivity contribution is 5.12. The van der Waals surface area contributed by atoms with Gasteiger partial charge in [-0.25, -0.2) is 4.98 Å². The number of nitrogens with one attached hydrogen (secondary N) is 1. The van der Waals surface area contributed by atoms with Crippen molar-refractivity contribution in [2.75, 3.05) is 7.11 Å². The van der Waals surface area contributed by atoms with Gasteiger partial charge in [0.15, 0.2) is 0 Å². The fraction of sp³-hybridized carbons (Fsp3) is 0.500. The summed E-state index contributed by atoms with van der Waals surface area (Å²) < 4.78 is 4.94. The zero-order valence-corrected chi connectivity index (χ0v) is 6.77. The monoisotopic (exact) mass is 171 g/mol. The second-order valence-corrected chi connectivity index (χ2v) is 2.30. The van der Waals surface area contributed by atoms with Crippen LogP contribution in [0, 0.1) is 10.1 Å². The lowest BCUT2D eigenvalue weighted by molar-refractivity contribution is -0.393. The van der Waals surface area contributed by atoms with Crippen LogP contribution in [0.3, 0.4) is 0 Å². The number of hydrogen-bond donors (Lipinski definition) is 1. The normalized spacial score (nSPS) is 12.8. The largest absolute Gasteiger partial charge is 0.432 e. The van der Waals surface area contributed by atoms with Crippen LogP contribution in [0.15, 0.2) is 6.20 Å². The molecule has 0 saturated carbocycles. The van der Waals surface area contributed by atoms with Gasteiger partial charge >= 0.3 is 5.95 Å². The smallest absolute Gasteiger partial charge is 0.390 e. The summed E-state index contributed by atoms with van der Waals surface area (Å²) in [4.78, 5) is 15.7. The number of H-pyrrole nitrogens is 1. The minimum Gasteiger partial charge on any atom is -0.390 e. The third-order valence-electron chi connectivity index (χ3n) is 1.55. The number of rotatable bonds is 3. The molecular formula is C6H9N3O3. The second kappa shape index (κ2) is 3.31. The van der Waals surface area contributed by atoms with Gasteiger partial charge in [0.1, 0.15) is 18.0 Å². The first-order valence-electron chi connectivity index (χ1n) is 3.37. The van der Waals surface area contributed by atoms with E-state index in [1.54, 1.807) is 6.92 Å². The minimum absolute atomic E-state index is 0.203. The van der Waals surface area contributed by atoms with Gasteiger partial charge in [-0.3, -0.25) is 0 Å². The van der Waals surface area contributed by atoms with Crippen LogP contribution in [0.1, 0.15) is 18.7 Å². The number of aromatic nitrogens is 2. The molecule has 0 aromatic carbocycles. The van der Waals surface area contributed by atoms with Crippen LogP contribution in [0.2, 0.25) is 0 Å². The zero-order chi connectivity index (χ0) is 9.14. The lowest BCUT2D eigenvalue weighted by Gasteiger charge is -2.01. The number of nitrogens with zero attached hydrogens (tertiary/aromatic N) is 2. The van der Waals surface area contributed by atoms with Crippen molar-refractivity contribution in [1.82, 2.24) is 9.97 Å². The highest BCUT2D eigenvalue weighted by Crippen LogP contribution is 2.15. The van der Waals surface area contributed by atoms with Gasteiger partial charge in [-0.2, -0.15) is 0 Å². The summed E-state index contributed by atoms with van der Waals surface area (Å²) in [5.74, 6) is -0.256. The minimum atomic E-state index is -0.577. The number of nitro groups is 1. The van der Waals surface area contributed by atoms with Crippen molar-refractivity contribution < 1.29 is 9.66 Å². The Labute approximate surface area is 68.7 Å². The Morgan fingerprint density at radius 2 is 2.50 bits per heavy atom. The van der Waals surface area contributed by atoms with E-state index in [4.69, 9.17) is 4.74 Å². The van der Waals surface area contributed by atoms with Crippen molar-refractivity contribution in [3.8, 4) is 0 Å². The topological polar surface area (TPSA) is 81.1 Å². The van der Waals surface area contributed by atoms with Crippen molar-refractivity contribution in [2.45, 2.75) is 13.0 Å². The molecule has 1 aromatic heterocycles. The molecule has 6 heteroatoms. The molecule has 6 nitrogen and oxygen atoms in total. The first-order valence-corrected chi connectivity index (χ1v) is 3.37. The van der Waals surface area contributed by atoms with Gasteiger partial charge in [0.25, 0.3) is 0 Å².